The summed E-state index contributed by atoms with van der Waals surface area (Å²) in [7, 11) is 2.94. The van der Waals surface area contributed by atoms with Crippen LogP contribution in [-0.4, -0.2) is 26.0 Å². The van der Waals surface area contributed by atoms with E-state index in [1.165, 1.54) is 20.3 Å². The van der Waals surface area contributed by atoms with Crippen LogP contribution in [0.2, 0.25) is 0 Å². The number of carbonyl (C=O) groups is 2. The van der Waals surface area contributed by atoms with Gasteiger partial charge in [0.25, 0.3) is 11.8 Å². The van der Waals surface area contributed by atoms with Crippen molar-refractivity contribution in [3.63, 3.8) is 0 Å². The molecule has 1 N–H and O–H groups in total. The molecule has 4 rings (SSSR count). The summed E-state index contributed by atoms with van der Waals surface area (Å²) < 4.78 is 37.8. The number of anilines is 2. The van der Waals surface area contributed by atoms with Crippen LogP contribution in [0.5, 0.6) is 11.5 Å². The summed E-state index contributed by atoms with van der Waals surface area (Å²) in [5.41, 5.74) is 1.85. The SMILES string of the molecule is COc1ccc(C2=C(Nc3ccc(F)c(F)c3)C(=O)N(c3ccc(C)cc3)C2=O)cc1OC. The second-order valence-corrected chi connectivity index (χ2v) is 7.35. The van der Waals surface area contributed by atoms with Crippen molar-refractivity contribution in [3.8, 4) is 11.5 Å². The number of rotatable bonds is 6. The van der Waals surface area contributed by atoms with Crippen LogP contribution < -0.4 is 19.7 Å². The Bertz CT molecular complexity index is 1290. The average molecular weight is 450 g/mol. The number of hydrogen-bond donors (Lipinski definition) is 1. The zero-order valence-corrected chi connectivity index (χ0v) is 18.1. The fraction of sp³-hybridized carbons (Fsp3) is 0.120. The van der Waals surface area contributed by atoms with E-state index in [0.29, 0.717) is 22.7 Å². The van der Waals surface area contributed by atoms with E-state index in [0.717, 1.165) is 22.6 Å². The Morgan fingerprint density at radius 2 is 1.48 bits per heavy atom. The Morgan fingerprint density at radius 3 is 2.12 bits per heavy atom. The lowest BCUT2D eigenvalue weighted by atomic mass is 10.0. The molecule has 0 saturated heterocycles. The molecule has 3 aromatic rings. The van der Waals surface area contributed by atoms with Crippen LogP contribution in [0.25, 0.3) is 5.57 Å². The van der Waals surface area contributed by atoms with Crippen molar-refractivity contribution >= 4 is 28.8 Å². The normalized spacial score (nSPS) is 13.5. The molecule has 8 heteroatoms. The van der Waals surface area contributed by atoms with Crippen LogP contribution in [0.1, 0.15) is 11.1 Å². The molecular weight excluding hydrogens is 430 g/mol. The maximum atomic E-state index is 13.8. The van der Waals surface area contributed by atoms with Crippen LogP contribution >= 0.6 is 0 Å². The maximum absolute atomic E-state index is 13.8. The molecule has 1 aliphatic rings. The number of nitrogens with zero attached hydrogens (tertiary/aromatic N) is 1. The number of benzene rings is 3. The molecule has 1 aliphatic heterocycles. The van der Waals surface area contributed by atoms with E-state index in [-0.39, 0.29) is 17.0 Å². The molecule has 6 nitrogen and oxygen atoms in total. The first kappa shape index (κ1) is 22.0. The van der Waals surface area contributed by atoms with Gasteiger partial charge in [-0.25, -0.2) is 13.7 Å². The molecule has 2 amide bonds. The molecule has 0 radical (unpaired) electrons. The van der Waals surface area contributed by atoms with E-state index in [4.69, 9.17) is 9.47 Å². The van der Waals surface area contributed by atoms with Gasteiger partial charge in [0.05, 0.1) is 25.5 Å². The number of amides is 2. The predicted octanol–water partition coefficient (Wildman–Crippen LogP) is 4.69. The van der Waals surface area contributed by atoms with E-state index >= 15 is 0 Å². The number of aryl methyl sites for hydroxylation is 1. The topological polar surface area (TPSA) is 67.9 Å². The first-order chi connectivity index (χ1) is 15.8. The van der Waals surface area contributed by atoms with Crippen LogP contribution in [-0.2, 0) is 9.59 Å². The van der Waals surface area contributed by atoms with Crippen LogP contribution in [0, 0.1) is 18.6 Å². The molecule has 1 heterocycles. The summed E-state index contributed by atoms with van der Waals surface area (Å²) >= 11 is 0. The number of carbonyl (C=O) groups excluding carboxylic acids is 2. The van der Waals surface area contributed by atoms with Crippen molar-refractivity contribution in [2.24, 2.45) is 0 Å². The minimum atomic E-state index is -1.08. The second kappa shape index (κ2) is 8.74. The van der Waals surface area contributed by atoms with E-state index in [1.54, 1.807) is 42.5 Å². The Morgan fingerprint density at radius 1 is 0.788 bits per heavy atom. The Labute approximate surface area is 189 Å². The zero-order chi connectivity index (χ0) is 23.7. The Kier molecular flexibility index (Phi) is 5.83. The fourth-order valence-corrected chi connectivity index (χ4v) is 3.55. The van der Waals surface area contributed by atoms with Gasteiger partial charge in [0, 0.05) is 11.8 Å². The standard InChI is InChI=1S/C25H20F2N2O4/c1-14-4-8-17(9-5-14)29-24(30)22(15-6-11-20(32-2)21(12-15)33-3)23(25(29)31)28-16-7-10-18(26)19(27)13-16/h4-13,28H,1-3H3. The van der Waals surface area contributed by atoms with Crippen LogP contribution in [0.15, 0.2) is 66.4 Å². The van der Waals surface area contributed by atoms with Gasteiger partial charge in [0.2, 0.25) is 0 Å². The summed E-state index contributed by atoms with van der Waals surface area (Å²) in [5.74, 6) is -2.49. The molecule has 0 saturated carbocycles. The summed E-state index contributed by atoms with van der Waals surface area (Å²) in [4.78, 5) is 27.9. The van der Waals surface area contributed by atoms with Crippen LogP contribution in [0.3, 0.4) is 0 Å². The zero-order valence-electron chi connectivity index (χ0n) is 18.1. The van der Waals surface area contributed by atoms with Crippen molar-refractivity contribution in [1.29, 1.82) is 0 Å². The molecule has 0 atom stereocenters. The second-order valence-electron chi connectivity index (χ2n) is 7.35. The summed E-state index contributed by atoms with van der Waals surface area (Å²) in [5, 5.41) is 2.80. The van der Waals surface area contributed by atoms with Crippen molar-refractivity contribution < 1.29 is 27.8 Å². The molecule has 3 aromatic carbocycles. The smallest absolute Gasteiger partial charge is 0.282 e. The number of methoxy groups -OCH3 is 2. The van der Waals surface area contributed by atoms with Crippen LogP contribution in [0.4, 0.5) is 20.2 Å². The Balaban J connectivity index is 1.85. The molecular formula is C25H20F2N2O4. The maximum Gasteiger partial charge on any atom is 0.282 e. The monoisotopic (exact) mass is 450 g/mol. The third kappa shape index (κ3) is 4.03. The van der Waals surface area contributed by atoms with Crippen molar-refractivity contribution in [1.82, 2.24) is 0 Å². The number of imide groups is 1. The highest BCUT2D eigenvalue weighted by molar-refractivity contribution is 6.46. The highest BCUT2D eigenvalue weighted by atomic mass is 19.2. The average Bonchev–Trinajstić information content (AvgIpc) is 3.05. The van der Waals surface area contributed by atoms with Gasteiger partial charge in [-0.3, -0.25) is 9.59 Å². The van der Waals surface area contributed by atoms with Gasteiger partial charge in [-0.15, -0.1) is 0 Å². The molecule has 0 unspecified atom stereocenters. The predicted molar refractivity (Wildman–Crippen MR) is 120 cm³/mol. The molecule has 0 fully saturated rings. The summed E-state index contributed by atoms with van der Waals surface area (Å²) in [6, 6.07) is 14.8. The first-order valence-corrected chi connectivity index (χ1v) is 9.98. The highest BCUT2D eigenvalue weighted by Crippen LogP contribution is 2.37. The highest BCUT2D eigenvalue weighted by Gasteiger charge is 2.40. The third-order valence-corrected chi connectivity index (χ3v) is 5.24. The van der Waals surface area contributed by atoms with Gasteiger partial charge in [-0.1, -0.05) is 23.8 Å². The Hall–Kier alpha value is -4.20. The first-order valence-electron chi connectivity index (χ1n) is 9.98. The van der Waals surface area contributed by atoms with Crippen molar-refractivity contribution in [2.75, 3.05) is 24.4 Å². The minimum Gasteiger partial charge on any atom is -0.493 e. The molecule has 0 aliphatic carbocycles. The minimum absolute atomic E-state index is 0.0614. The lowest BCUT2D eigenvalue weighted by molar-refractivity contribution is -0.120. The largest absolute Gasteiger partial charge is 0.493 e. The lowest BCUT2D eigenvalue weighted by Crippen LogP contribution is -2.32. The van der Waals surface area contributed by atoms with Gasteiger partial charge in [0.1, 0.15) is 5.70 Å². The van der Waals surface area contributed by atoms with E-state index in [9.17, 15) is 18.4 Å². The molecule has 168 valence electrons. The number of ether oxygens (including phenoxy) is 2. The quantitative estimate of drug-likeness (QED) is 0.552. The van der Waals surface area contributed by atoms with Crippen molar-refractivity contribution in [2.45, 2.75) is 6.92 Å². The van der Waals surface area contributed by atoms with Gasteiger partial charge in [-0.05, 0) is 48.9 Å². The lowest BCUT2D eigenvalue weighted by Gasteiger charge is -2.16. The molecule has 0 spiro atoms. The number of nitrogens with one attached hydrogen (secondary N) is 1. The molecule has 33 heavy (non-hydrogen) atoms. The van der Waals surface area contributed by atoms with Gasteiger partial charge in [-0.2, -0.15) is 0 Å². The van der Waals surface area contributed by atoms with Gasteiger partial charge in [0.15, 0.2) is 23.1 Å². The number of hydrogen-bond acceptors (Lipinski definition) is 5. The molecule has 0 aromatic heterocycles. The van der Waals surface area contributed by atoms with Gasteiger partial charge < -0.3 is 14.8 Å². The van der Waals surface area contributed by atoms with E-state index in [1.807, 2.05) is 6.92 Å². The summed E-state index contributed by atoms with van der Waals surface area (Å²) in [6.07, 6.45) is 0. The van der Waals surface area contributed by atoms with Gasteiger partial charge >= 0.3 is 0 Å². The van der Waals surface area contributed by atoms with E-state index < -0.39 is 23.4 Å². The summed E-state index contributed by atoms with van der Waals surface area (Å²) in [6.45, 7) is 1.89. The fourth-order valence-electron chi connectivity index (χ4n) is 3.55. The molecule has 0 bridgehead atoms. The van der Waals surface area contributed by atoms with E-state index in [2.05, 4.69) is 5.32 Å². The van der Waals surface area contributed by atoms with Crippen molar-refractivity contribution in [3.05, 3.63) is 89.1 Å². The number of halogens is 2. The third-order valence-electron chi connectivity index (χ3n) is 5.24.